The summed E-state index contributed by atoms with van der Waals surface area (Å²) in [4.78, 5) is 2.85. The van der Waals surface area contributed by atoms with E-state index in [1.54, 1.807) is 0 Å². The van der Waals surface area contributed by atoms with Crippen LogP contribution in [-0.2, 0) is 0 Å². The van der Waals surface area contributed by atoms with Gasteiger partial charge in [0.05, 0.1) is 5.39 Å². The van der Waals surface area contributed by atoms with E-state index in [1.807, 2.05) is 30.5 Å². The van der Waals surface area contributed by atoms with Crippen molar-refractivity contribution in [2.45, 2.75) is 0 Å². The lowest BCUT2D eigenvalue weighted by Gasteiger charge is -1.84. The summed E-state index contributed by atoms with van der Waals surface area (Å²) in [7, 11) is 0. The van der Waals surface area contributed by atoms with Crippen molar-refractivity contribution in [3.63, 3.8) is 0 Å². The quantitative estimate of drug-likeness (QED) is 0.507. The molecule has 0 unspecified atom stereocenters. The van der Waals surface area contributed by atoms with Gasteiger partial charge in [0, 0.05) is 11.5 Å². The van der Waals surface area contributed by atoms with Crippen LogP contribution in [0.25, 0.3) is 10.8 Å². The number of aromatic nitrogens is 1. The molecule has 1 aromatic heterocycles. The normalized spacial score (nSPS) is 9.20. The van der Waals surface area contributed by atoms with E-state index < -0.39 is 0 Å². The average Bonchev–Trinajstić information content (AvgIpc) is 2.05. The lowest BCUT2D eigenvalue weighted by molar-refractivity contribution is -0.376. The van der Waals surface area contributed by atoms with E-state index >= 15 is 0 Å². The van der Waals surface area contributed by atoms with Gasteiger partial charge in [0.1, 0.15) is 0 Å². The lowest BCUT2D eigenvalue weighted by Crippen LogP contribution is -1.94. The molecule has 0 spiro atoms. The Morgan fingerprint density at radius 2 is 2.10 bits per heavy atom. The molecule has 0 saturated heterocycles. The van der Waals surface area contributed by atoms with Crippen LogP contribution in [0.4, 0.5) is 0 Å². The second-order valence-electron chi connectivity index (χ2n) is 2.13. The predicted molar refractivity (Wildman–Crippen MR) is 38.2 cm³/mol. The SMILES string of the molecule is c1[nH+]cc2ccccc2c#1. The van der Waals surface area contributed by atoms with Crippen molar-refractivity contribution in [2.75, 3.05) is 0 Å². The van der Waals surface area contributed by atoms with Crippen LogP contribution >= 0.6 is 0 Å². The van der Waals surface area contributed by atoms with Crippen molar-refractivity contribution in [1.82, 2.24) is 0 Å². The number of H-pyrrole nitrogens is 1. The Balaban J connectivity index is 2.89. The Bertz CT molecular complexity index is 276. The van der Waals surface area contributed by atoms with E-state index in [0.717, 1.165) is 5.39 Å². The highest BCUT2D eigenvalue weighted by atomic mass is 14.6. The lowest BCUT2D eigenvalue weighted by atomic mass is 10.2. The van der Waals surface area contributed by atoms with Crippen LogP contribution in [0, 0.1) is 12.3 Å². The van der Waals surface area contributed by atoms with E-state index in [-0.39, 0.29) is 0 Å². The summed E-state index contributed by atoms with van der Waals surface area (Å²) in [6.07, 6.45) is 4.69. The Labute approximate surface area is 59.3 Å². The van der Waals surface area contributed by atoms with E-state index in [9.17, 15) is 0 Å². The van der Waals surface area contributed by atoms with Crippen molar-refractivity contribution in [1.29, 1.82) is 0 Å². The second-order valence-corrected chi connectivity index (χ2v) is 2.13. The maximum absolute atomic E-state index is 2.97. The number of nitrogens with one attached hydrogen (secondary N) is 1. The smallest absolute Gasteiger partial charge is 0.163 e. The first-order valence-corrected chi connectivity index (χ1v) is 3.15. The molecule has 0 bridgehead atoms. The average molecular weight is 128 g/mol. The van der Waals surface area contributed by atoms with Crippen molar-refractivity contribution < 1.29 is 4.98 Å². The number of benzene rings is 1. The Morgan fingerprint density at radius 1 is 1.20 bits per heavy atom. The highest BCUT2D eigenvalue weighted by Crippen LogP contribution is 2.05. The summed E-state index contributed by atoms with van der Waals surface area (Å²) < 4.78 is 0. The molecule has 0 saturated carbocycles. The van der Waals surface area contributed by atoms with Crippen LogP contribution < -0.4 is 4.98 Å². The molecule has 1 N–H and O–H groups in total. The molecule has 0 aliphatic rings. The number of fused-ring (bicyclic) bond motifs is 1. The zero-order valence-corrected chi connectivity index (χ0v) is 5.39. The van der Waals surface area contributed by atoms with E-state index in [0.29, 0.717) is 0 Å². The third-order valence-corrected chi connectivity index (χ3v) is 1.46. The minimum atomic E-state index is 1.10. The second kappa shape index (κ2) is 2.00. The molecule has 1 heteroatoms. The highest BCUT2D eigenvalue weighted by molar-refractivity contribution is 5.78. The van der Waals surface area contributed by atoms with E-state index in [2.05, 4.69) is 17.2 Å². The first kappa shape index (κ1) is 5.25. The molecule has 1 nitrogen and oxygen atoms in total. The number of rotatable bonds is 0. The standard InChI is InChI=1S/C9H5N/c1-2-4-9-7-10-6-5-8(9)3-1/h1-4,7H/p+1. The zero-order valence-electron chi connectivity index (χ0n) is 5.39. The Morgan fingerprint density at radius 3 is 3.00 bits per heavy atom. The monoisotopic (exact) mass is 128 g/mol. The summed E-state index contributed by atoms with van der Waals surface area (Å²) >= 11 is 0. The van der Waals surface area contributed by atoms with Crippen LogP contribution in [-0.4, -0.2) is 0 Å². The maximum atomic E-state index is 2.97. The molecular formula is C9H6N+. The van der Waals surface area contributed by atoms with Gasteiger partial charge in [-0.1, -0.05) is 12.1 Å². The summed E-state index contributed by atoms with van der Waals surface area (Å²) in [5.74, 6) is 0. The fourth-order valence-electron chi connectivity index (χ4n) is 0.954. The topological polar surface area (TPSA) is 14.1 Å². The fourth-order valence-corrected chi connectivity index (χ4v) is 0.954. The first-order valence-electron chi connectivity index (χ1n) is 3.15. The van der Waals surface area contributed by atoms with Crippen LogP contribution in [0.3, 0.4) is 0 Å². The van der Waals surface area contributed by atoms with E-state index in [4.69, 9.17) is 0 Å². The molecule has 1 heterocycles. The van der Waals surface area contributed by atoms with Gasteiger partial charge in [-0.2, -0.15) is 4.98 Å². The van der Waals surface area contributed by atoms with Crippen molar-refractivity contribution in [3.8, 4) is 0 Å². The predicted octanol–water partition coefficient (Wildman–Crippen LogP) is 1.25. The van der Waals surface area contributed by atoms with Crippen molar-refractivity contribution >= 4 is 10.8 Å². The Kier molecular flexibility index (Phi) is 1.05. The summed E-state index contributed by atoms with van der Waals surface area (Å²) in [5.41, 5.74) is 0. The van der Waals surface area contributed by atoms with Gasteiger partial charge < -0.3 is 0 Å². The first-order chi connectivity index (χ1) is 4.97. The summed E-state index contributed by atoms with van der Waals surface area (Å²) in [5, 5.41) is 2.27. The zero-order chi connectivity index (χ0) is 6.81. The summed E-state index contributed by atoms with van der Waals surface area (Å²) in [6.45, 7) is 0. The minimum Gasteiger partial charge on any atom is -0.163 e. The number of hydrogen-bond acceptors (Lipinski definition) is 0. The molecule has 0 aliphatic carbocycles. The van der Waals surface area contributed by atoms with Crippen molar-refractivity contribution in [2.24, 2.45) is 0 Å². The molecule has 0 atom stereocenters. The van der Waals surface area contributed by atoms with Gasteiger partial charge >= 0.3 is 0 Å². The highest BCUT2D eigenvalue weighted by Gasteiger charge is 1.89. The minimum absolute atomic E-state index is 1.10. The Hall–Kier alpha value is -1.55. The third kappa shape index (κ3) is 0.708. The fraction of sp³-hybridized carbons (Fsp3) is 0. The van der Waals surface area contributed by atoms with Crippen LogP contribution in [0.15, 0.2) is 30.5 Å². The van der Waals surface area contributed by atoms with Gasteiger partial charge in [-0.05, 0) is 12.1 Å². The number of aromatic amines is 1. The number of hydrogen-bond donors (Lipinski definition) is 0. The largest absolute Gasteiger partial charge is 0.226 e. The summed E-state index contributed by atoms with van der Waals surface area (Å²) in [6, 6.07) is 11.0. The molecule has 46 valence electrons. The van der Waals surface area contributed by atoms with Crippen LogP contribution in [0.5, 0.6) is 0 Å². The van der Waals surface area contributed by atoms with Gasteiger partial charge in [-0.15, -0.1) is 0 Å². The molecule has 0 fully saturated rings. The van der Waals surface area contributed by atoms with Gasteiger partial charge in [0.25, 0.3) is 0 Å². The van der Waals surface area contributed by atoms with Crippen molar-refractivity contribution in [3.05, 3.63) is 42.7 Å². The van der Waals surface area contributed by atoms with Gasteiger partial charge in [0.15, 0.2) is 6.20 Å². The van der Waals surface area contributed by atoms with Gasteiger partial charge in [-0.25, -0.2) is 0 Å². The molecule has 0 radical (unpaired) electrons. The molecule has 2 aromatic rings. The molecular weight excluding hydrogens is 122 g/mol. The van der Waals surface area contributed by atoms with Gasteiger partial charge in [0.2, 0.25) is 6.20 Å². The molecule has 10 heavy (non-hydrogen) atoms. The molecule has 0 aliphatic heterocycles. The third-order valence-electron chi connectivity index (χ3n) is 1.46. The molecule has 1 aromatic carbocycles. The molecule has 2 rings (SSSR count). The van der Waals surface area contributed by atoms with E-state index in [1.165, 1.54) is 5.39 Å². The molecule has 0 amide bonds. The van der Waals surface area contributed by atoms with Gasteiger partial charge in [-0.3, -0.25) is 0 Å². The maximum Gasteiger partial charge on any atom is 0.226 e. The van der Waals surface area contributed by atoms with Crippen LogP contribution in [0.1, 0.15) is 0 Å². The van der Waals surface area contributed by atoms with Crippen LogP contribution in [0.2, 0.25) is 0 Å².